The Morgan fingerprint density at radius 3 is 2.43 bits per heavy atom. The van der Waals surface area contributed by atoms with Crippen LogP contribution in [0.3, 0.4) is 0 Å². The molecule has 2 rings (SSSR count). The lowest BCUT2D eigenvalue weighted by Crippen LogP contribution is -2.02. The number of benzene rings is 2. The lowest BCUT2D eigenvalue weighted by atomic mass is 10.0. The predicted molar refractivity (Wildman–Crippen MR) is 89.0 cm³/mol. The number of methoxy groups -OCH3 is 2. The molecule has 5 heteroatoms. The third kappa shape index (κ3) is 3.58. The molecule has 0 N–H and O–H groups in total. The molecule has 0 spiro atoms. The number of hydrogen-bond acceptors (Lipinski definition) is 2. The zero-order chi connectivity index (χ0) is 15.4. The molecule has 0 heterocycles. The van der Waals surface area contributed by atoms with Gasteiger partial charge < -0.3 is 9.47 Å². The summed E-state index contributed by atoms with van der Waals surface area (Å²) >= 11 is 7.10. The summed E-state index contributed by atoms with van der Waals surface area (Å²) in [6.07, 6.45) is 0.530. The first-order valence-corrected chi connectivity index (χ1v) is 8.07. The second kappa shape index (κ2) is 7.27. The molecule has 0 bridgehead atoms. The molecule has 0 saturated carbocycles. The highest BCUT2D eigenvalue weighted by Crippen LogP contribution is 2.43. The molecule has 0 aliphatic carbocycles. The maximum Gasteiger partial charge on any atom is 0.141 e. The molecule has 21 heavy (non-hydrogen) atoms. The topological polar surface area (TPSA) is 18.5 Å². The second-order valence-corrected chi connectivity index (χ2v) is 6.37. The van der Waals surface area contributed by atoms with Gasteiger partial charge in [-0.05, 0) is 40.0 Å². The van der Waals surface area contributed by atoms with Gasteiger partial charge in [-0.2, -0.15) is 0 Å². The van der Waals surface area contributed by atoms with Gasteiger partial charge >= 0.3 is 0 Å². The number of ether oxygens (including phenoxy) is 2. The van der Waals surface area contributed by atoms with Gasteiger partial charge in [0, 0.05) is 10.4 Å². The minimum absolute atomic E-state index is 0.0634. The van der Waals surface area contributed by atoms with Crippen molar-refractivity contribution in [2.45, 2.75) is 11.2 Å². The Morgan fingerprint density at radius 1 is 1.10 bits per heavy atom. The molecule has 112 valence electrons. The number of rotatable bonds is 5. The number of halogens is 3. The fourth-order valence-corrected chi connectivity index (χ4v) is 3.53. The zero-order valence-electron chi connectivity index (χ0n) is 11.7. The van der Waals surface area contributed by atoms with Crippen LogP contribution < -0.4 is 9.47 Å². The summed E-state index contributed by atoms with van der Waals surface area (Å²) in [5.41, 5.74) is 1.60. The Hall–Kier alpha value is -1.07. The molecule has 0 saturated heterocycles. The summed E-state index contributed by atoms with van der Waals surface area (Å²) in [7, 11) is 3.20. The summed E-state index contributed by atoms with van der Waals surface area (Å²) in [6.45, 7) is 0. The summed E-state index contributed by atoms with van der Waals surface area (Å²) < 4.78 is 25.2. The smallest absolute Gasteiger partial charge is 0.141 e. The molecule has 0 aromatic heterocycles. The summed E-state index contributed by atoms with van der Waals surface area (Å²) in [5.74, 6) is 1.18. The van der Waals surface area contributed by atoms with E-state index in [-0.39, 0.29) is 10.6 Å². The van der Waals surface area contributed by atoms with E-state index in [2.05, 4.69) is 31.9 Å². The molecule has 0 radical (unpaired) electrons. The van der Waals surface area contributed by atoms with Crippen LogP contribution in [0.25, 0.3) is 0 Å². The van der Waals surface area contributed by atoms with E-state index in [1.807, 2.05) is 18.2 Å². The molecule has 0 fully saturated rings. The third-order valence-corrected chi connectivity index (χ3v) is 4.78. The fourth-order valence-electron chi connectivity index (χ4n) is 2.13. The van der Waals surface area contributed by atoms with Crippen molar-refractivity contribution in [1.82, 2.24) is 0 Å². The van der Waals surface area contributed by atoms with E-state index in [1.54, 1.807) is 26.4 Å². The van der Waals surface area contributed by atoms with E-state index in [4.69, 9.17) is 9.47 Å². The maximum absolute atomic E-state index is 13.8. The van der Waals surface area contributed by atoms with Gasteiger partial charge in [-0.3, -0.25) is 0 Å². The molecule has 2 nitrogen and oxygen atoms in total. The van der Waals surface area contributed by atoms with Gasteiger partial charge in [0.2, 0.25) is 0 Å². The molecule has 0 amide bonds. The van der Waals surface area contributed by atoms with E-state index < -0.39 is 0 Å². The van der Waals surface area contributed by atoms with Gasteiger partial charge in [0.05, 0.1) is 14.2 Å². The van der Waals surface area contributed by atoms with E-state index in [0.717, 1.165) is 10.0 Å². The lowest BCUT2D eigenvalue weighted by Gasteiger charge is -2.17. The van der Waals surface area contributed by atoms with Crippen molar-refractivity contribution >= 4 is 31.9 Å². The van der Waals surface area contributed by atoms with Crippen molar-refractivity contribution in [3.63, 3.8) is 0 Å². The Balaban J connectivity index is 2.33. The van der Waals surface area contributed by atoms with E-state index in [1.165, 1.54) is 6.07 Å². The average molecular weight is 418 g/mol. The minimum Gasteiger partial charge on any atom is -0.495 e. The SMILES string of the molecule is COc1ccc(C(Br)Cc2ccccc2F)c(OC)c1Br. The first-order valence-electron chi connectivity index (χ1n) is 6.36. The van der Waals surface area contributed by atoms with Crippen molar-refractivity contribution < 1.29 is 13.9 Å². The van der Waals surface area contributed by atoms with Crippen LogP contribution in [0.2, 0.25) is 0 Å². The van der Waals surface area contributed by atoms with Crippen LogP contribution in [0.4, 0.5) is 4.39 Å². The monoisotopic (exact) mass is 416 g/mol. The highest BCUT2D eigenvalue weighted by Gasteiger charge is 2.19. The summed E-state index contributed by atoms with van der Waals surface area (Å²) in [4.78, 5) is -0.0634. The molecule has 1 unspecified atom stereocenters. The normalized spacial score (nSPS) is 12.0. The molecule has 0 aliphatic rings. The largest absolute Gasteiger partial charge is 0.495 e. The zero-order valence-corrected chi connectivity index (χ0v) is 14.9. The van der Waals surface area contributed by atoms with Crippen molar-refractivity contribution in [1.29, 1.82) is 0 Å². The Bertz CT molecular complexity index is 632. The first-order chi connectivity index (χ1) is 10.1. The van der Waals surface area contributed by atoms with E-state index >= 15 is 0 Å². The Kier molecular flexibility index (Phi) is 5.65. The van der Waals surface area contributed by atoms with Crippen molar-refractivity contribution in [3.05, 3.63) is 57.8 Å². The molecule has 2 aromatic carbocycles. The van der Waals surface area contributed by atoms with E-state index in [0.29, 0.717) is 23.5 Å². The fraction of sp³-hybridized carbons (Fsp3) is 0.250. The highest BCUT2D eigenvalue weighted by molar-refractivity contribution is 9.10. The van der Waals surface area contributed by atoms with Crippen LogP contribution >= 0.6 is 31.9 Å². The van der Waals surface area contributed by atoms with Gasteiger partial charge in [-0.25, -0.2) is 4.39 Å². The van der Waals surface area contributed by atoms with Crippen molar-refractivity contribution in [3.8, 4) is 11.5 Å². The standard InChI is InChI=1S/C16H15Br2FO2/c1-20-14-8-7-11(16(21-2)15(14)18)12(17)9-10-5-3-4-6-13(10)19/h3-8,12H,9H2,1-2H3. The maximum atomic E-state index is 13.8. The quantitative estimate of drug-likeness (QED) is 0.615. The van der Waals surface area contributed by atoms with Crippen LogP contribution in [0.15, 0.2) is 40.9 Å². The predicted octanol–water partition coefficient (Wildman–Crippen LogP) is 5.28. The van der Waals surface area contributed by atoms with E-state index in [9.17, 15) is 4.39 Å². The molecular weight excluding hydrogens is 403 g/mol. The summed E-state index contributed by atoms with van der Waals surface area (Å²) in [5, 5.41) is 0. The average Bonchev–Trinajstić information content (AvgIpc) is 2.49. The van der Waals surface area contributed by atoms with Crippen LogP contribution in [0.5, 0.6) is 11.5 Å². The van der Waals surface area contributed by atoms with Gasteiger partial charge in [0.1, 0.15) is 21.8 Å². The van der Waals surface area contributed by atoms with Gasteiger partial charge in [-0.15, -0.1) is 0 Å². The molecule has 1 atom stereocenters. The Labute approximate surface area is 140 Å². The highest BCUT2D eigenvalue weighted by atomic mass is 79.9. The minimum atomic E-state index is -0.200. The molecule has 2 aromatic rings. The number of hydrogen-bond donors (Lipinski definition) is 0. The van der Waals surface area contributed by atoms with Gasteiger partial charge in [0.25, 0.3) is 0 Å². The third-order valence-electron chi connectivity index (χ3n) is 3.21. The summed E-state index contributed by atoms with van der Waals surface area (Å²) in [6, 6.07) is 10.6. The van der Waals surface area contributed by atoms with Crippen LogP contribution in [0, 0.1) is 5.82 Å². The Morgan fingerprint density at radius 2 is 1.81 bits per heavy atom. The van der Waals surface area contributed by atoms with Crippen LogP contribution in [0.1, 0.15) is 16.0 Å². The van der Waals surface area contributed by atoms with Crippen LogP contribution in [-0.4, -0.2) is 14.2 Å². The lowest BCUT2D eigenvalue weighted by molar-refractivity contribution is 0.386. The van der Waals surface area contributed by atoms with Crippen LogP contribution in [-0.2, 0) is 6.42 Å². The molecule has 0 aliphatic heterocycles. The van der Waals surface area contributed by atoms with Crippen molar-refractivity contribution in [2.24, 2.45) is 0 Å². The number of alkyl halides is 1. The van der Waals surface area contributed by atoms with Crippen molar-refractivity contribution in [2.75, 3.05) is 14.2 Å². The molecular formula is C16H15Br2FO2. The van der Waals surface area contributed by atoms with Gasteiger partial charge in [0.15, 0.2) is 0 Å². The first kappa shape index (κ1) is 16.3. The van der Waals surface area contributed by atoms with Gasteiger partial charge in [-0.1, -0.05) is 40.2 Å². The second-order valence-electron chi connectivity index (χ2n) is 4.47.